The fourth-order valence-corrected chi connectivity index (χ4v) is 4.40. The molecular formula is C31H25N7O2. The summed E-state index contributed by atoms with van der Waals surface area (Å²) in [6, 6.07) is 28.6. The van der Waals surface area contributed by atoms with E-state index in [1.54, 1.807) is 25.4 Å². The molecule has 0 amide bonds. The van der Waals surface area contributed by atoms with Crippen LogP contribution < -0.4 is 15.8 Å². The number of nitrogens with zero attached hydrogens (tertiary/aromatic N) is 5. The summed E-state index contributed by atoms with van der Waals surface area (Å²) < 4.78 is 6.08. The minimum Gasteiger partial charge on any atom is -0.438 e. The lowest BCUT2D eigenvalue weighted by Gasteiger charge is -2.13. The zero-order valence-electron chi connectivity index (χ0n) is 21.6. The maximum Gasteiger partial charge on any atom is 0.228 e. The Morgan fingerprint density at radius 2 is 1.65 bits per heavy atom. The Labute approximate surface area is 230 Å². The molecule has 0 aliphatic rings. The first kappa shape index (κ1) is 24.9. The highest BCUT2D eigenvalue weighted by molar-refractivity contribution is 6.00. The van der Waals surface area contributed by atoms with E-state index in [2.05, 4.69) is 30.5 Å². The van der Waals surface area contributed by atoms with Crippen LogP contribution in [0.25, 0.3) is 33.3 Å². The van der Waals surface area contributed by atoms with E-state index in [1.165, 1.54) is 0 Å². The SMILES string of the molecule is CC(O)c1cccc(-c2nnc(Nc3ccc(Oc4ncccc4-c4ccnc(N)n4)cc3)c3ccccc23)c1. The van der Waals surface area contributed by atoms with E-state index < -0.39 is 6.10 Å². The topological polar surface area (TPSA) is 132 Å². The minimum absolute atomic E-state index is 0.180. The van der Waals surface area contributed by atoms with Crippen LogP contribution in [0.2, 0.25) is 0 Å². The molecule has 9 nitrogen and oxygen atoms in total. The molecule has 0 fully saturated rings. The molecule has 0 bridgehead atoms. The lowest BCUT2D eigenvalue weighted by atomic mass is 10.0. The lowest BCUT2D eigenvalue weighted by molar-refractivity contribution is 0.199. The van der Waals surface area contributed by atoms with Crippen molar-refractivity contribution in [2.75, 3.05) is 11.1 Å². The number of rotatable bonds is 7. The molecule has 1 atom stereocenters. The summed E-state index contributed by atoms with van der Waals surface area (Å²) in [6.07, 6.45) is 2.69. The molecule has 40 heavy (non-hydrogen) atoms. The van der Waals surface area contributed by atoms with Crippen LogP contribution in [0.1, 0.15) is 18.6 Å². The fourth-order valence-electron chi connectivity index (χ4n) is 4.40. The van der Waals surface area contributed by atoms with E-state index in [9.17, 15) is 5.11 Å². The standard InChI is InChI=1S/C31H25N7O2/c1-19(39)20-6-4-7-21(18-20)28-24-8-2-3-9-25(24)29(38-37-28)35-22-11-13-23(14-12-22)40-30-26(10-5-16-33-30)27-15-17-34-31(32)36-27/h2-19,39H,1H3,(H,35,38)(H2,32,34,36). The molecule has 9 heteroatoms. The maximum atomic E-state index is 10.0. The summed E-state index contributed by atoms with van der Waals surface area (Å²) in [7, 11) is 0. The number of aromatic nitrogens is 5. The first-order valence-electron chi connectivity index (χ1n) is 12.7. The lowest BCUT2D eigenvalue weighted by Crippen LogP contribution is -2.00. The van der Waals surface area contributed by atoms with Gasteiger partial charge in [-0.3, -0.25) is 0 Å². The number of aliphatic hydroxyl groups excluding tert-OH is 1. The van der Waals surface area contributed by atoms with Gasteiger partial charge in [0.2, 0.25) is 11.8 Å². The summed E-state index contributed by atoms with van der Waals surface area (Å²) in [5.41, 5.74) is 10.4. The van der Waals surface area contributed by atoms with E-state index in [4.69, 9.17) is 10.5 Å². The maximum absolute atomic E-state index is 10.0. The van der Waals surface area contributed by atoms with Gasteiger partial charge in [0.1, 0.15) is 11.4 Å². The summed E-state index contributed by atoms with van der Waals surface area (Å²) in [5, 5.41) is 24.3. The second kappa shape index (κ2) is 10.8. The molecule has 6 aromatic rings. The number of benzene rings is 3. The number of aliphatic hydroxyl groups is 1. The first-order chi connectivity index (χ1) is 19.5. The number of pyridine rings is 1. The van der Waals surface area contributed by atoms with E-state index in [0.717, 1.165) is 33.3 Å². The van der Waals surface area contributed by atoms with Gasteiger partial charge in [0.25, 0.3) is 0 Å². The number of nitrogens with two attached hydrogens (primary N) is 1. The van der Waals surface area contributed by atoms with Gasteiger partial charge in [0.05, 0.1) is 17.4 Å². The van der Waals surface area contributed by atoms with E-state index >= 15 is 0 Å². The molecule has 0 radical (unpaired) electrons. The van der Waals surface area contributed by atoms with Crippen molar-refractivity contribution in [3.05, 3.63) is 109 Å². The highest BCUT2D eigenvalue weighted by atomic mass is 16.5. The van der Waals surface area contributed by atoms with Crippen molar-refractivity contribution in [1.82, 2.24) is 25.1 Å². The van der Waals surface area contributed by atoms with Gasteiger partial charge in [-0.05, 0) is 61.0 Å². The highest BCUT2D eigenvalue weighted by Crippen LogP contribution is 2.34. The molecule has 1 unspecified atom stereocenters. The molecule has 0 spiro atoms. The molecular weight excluding hydrogens is 502 g/mol. The Kier molecular flexibility index (Phi) is 6.70. The Bertz CT molecular complexity index is 1810. The molecule has 0 aliphatic heterocycles. The Morgan fingerprint density at radius 3 is 2.45 bits per heavy atom. The third kappa shape index (κ3) is 5.13. The fraction of sp³-hybridized carbons (Fsp3) is 0.0645. The largest absolute Gasteiger partial charge is 0.438 e. The molecule has 4 N–H and O–H groups in total. The number of hydrogen-bond donors (Lipinski definition) is 3. The van der Waals surface area contributed by atoms with Crippen LogP contribution in [-0.4, -0.2) is 30.3 Å². The predicted molar refractivity (Wildman–Crippen MR) is 155 cm³/mol. The van der Waals surface area contributed by atoms with Gasteiger partial charge < -0.3 is 20.9 Å². The quantitative estimate of drug-likeness (QED) is 0.218. The van der Waals surface area contributed by atoms with E-state index in [0.29, 0.717) is 28.7 Å². The number of nitrogen functional groups attached to an aromatic ring is 1. The Balaban J connectivity index is 1.26. The number of hydrogen-bond acceptors (Lipinski definition) is 9. The first-order valence-corrected chi connectivity index (χ1v) is 12.7. The van der Waals surface area contributed by atoms with Crippen LogP contribution in [0.3, 0.4) is 0 Å². The second-order valence-electron chi connectivity index (χ2n) is 9.15. The molecule has 0 aliphatic carbocycles. The van der Waals surface area contributed by atoms with Gasteiger partial charge in [-0.25, -0.2) is 15.0 Å². The summed E-state index contributed by atoms with van der Waals surface area (Å²) in [4.78, 5) is 12.6. The van der Waals surface area contributed by atoms with Crippen molar-refractivity contribution < 1.29 is 9.84 Å². The van der Waals surface area contributed by atoms with Gasteiger partial charge in [-0.1, -0.05) is 42.5 Å². The molecule has 0 saturated heterocycles. The monoisotopic (exact) mass is 527 g/mol. The van der Waals surface area contributed by atoms with Gasteiger partial charge in [0, 0.05) is 34.4 Å². The number of nitrogens with one attached hydrogen (secondary N) is 1. The van der Waals surface area contributed by atoms with Gasteiger partial charge in [-0.15, -0.1) is 10.2 Å². The average Bonchev–Trinajstić information content (AvgIpc) is 2.99. The smallest absolute Gasteiger partial charge is 0.228 e. The predicted octanol–water partition coefficient (Wildman–Crippen LogP) is 6.32. The van der Waals surface area contributed by atoms with Crippen molar-refractivity contribution in [2.45, 2.75) is 13.0 Å². The van der Waals surface area contributed by atoms with Crippen molar-refractivity contribution in [1.29, 1.82) is 0 Å². The minimum atomic E-state index is -0.567. The van der Waals surface area contributed by atoms with Crippen LogP contribution >= 0.6 is 0 Å². The molecule has 196 valence electrons. The summed E-state index contributed by atoms with van der Waals surface area (Å²) in [6.45, 7) is 1.75. The van der Waals surface area contributed by atoms with Crippen LogP contribution in [-0.2, 0) is 0 Å². The van der Waals surface area contributed by atoms with Gasteiger partial charge >= 0.3 is 0 Å². The molecule has 6 rings (SSSR count). The average molecular weight is 528 g/mol. The zero-order valence-corrected chi connectivity index (χ0v) is 21.6. The Morgan fingerprint density at radius 1 is 0.825 bits per heavy atom. The van der Waals surface area contributed by atoms with Crippen molar-refractivity contribution >= 4 is 28.2 Å². The molecule has 3 heterocycles. The third-order valence-electron chi connectivity index (χ3n) is 6.38. The number of anilines is 3. The summed E-state index contributed by atoms with van der Waals surface area (Å²) >= 11 is 0. The van der Waals surface area contributed by atoms with Crippen LogP contribution in [0, 0.1) is 0 Å². The van der Waals surface area contributed by atoms with Gasteiger partial charge in [-0.2, -0.15) is 0 Å². The summed E-state index contributed by atoms with van der Waals surface area (Å²) in [5.74, 6) is 1.83. The van der Waals surface area contributed by atoms with E-state index in [-0.39, 0.29) is 5.95 Å². The van der Waals surface area contributed by atoms with Crippen molar-refractivity contribution in [3.8, 4) is 34.1 Å². The van der Waals surface area contributed by atoms with Crippen LogP contribution in [0.5, 0.6) is 11.6 Å². The second-order valence-corrected chi connectivity index (χ2v) is 9.15. The molecule has 3 aromatic carbocycles. The van der Waals surface area contributed by atoms with E-state index in [1.807, 2.05) is 84.9 Å². The highest BCUT2D eigenvalue weighted by Gasteiger charge is 2.14. The molecule has 3 aromatic heterocycles. The molecule has 0 saturated carbocycles. The van der Waals surface area contributed by atoms with Crippen LogP contribution in [0.4, 0.5) is 17.5 Å². The third-order valence-corrected chi connectivity index (χ3v) is 6.38. The number of fused-ring (bicyclic) bond motifs is 1. The van der Waals surface area contributed by atoms with Crippen LogP contribution in [0.15, 0.2) is 103 Å². The zero-order chi connectivity index (χ0) is 27.5. The van der Waals surface area contributed by atoms with Crippen molar-refractivity contribution in [3.63, 3.8) is 0 Å². The normalized spacial score (nSPS) is 11.8. The number of ether oxygens (including phenoxy) is 1. The van der Waals surface area contributed by atoms with Crippen molar-refractivity contribution in [2.24, 2.45) is 0 Å². The Hall–Kier alpha value is -5.41. The van der Waals surface area contributed by atoms with Gasteiger partial charge in [0.15, 0.2) is 5.82 Å².